The number of thiophene rings is 1. The maximum atomic E-state index is 13.1. The minimum Gasteiger partial charge on any atom is -0.323 e. The third kappa shape index (κ3) is 2.77. The zero-order valence-electron chi connectivity index (χ0n) is 10.6. The van der Waals surface area contributed by atoms with E-state index in [1.54, 1.807) is 17.4 Å². The fourth-order valence-electron chi connectivity index (χ4n) is 2.21. The van der Waals surface area contributed by atoms with E-state index in [4.69, 9.17) is 5.73 Å². The Bertz CT molecular complexity index is 720. The largest absolute Gasteiger partial charge is 0.323 e. The molecule has 1 atom stereocenters. The van der Waals surface area contributed by atoms with Crippen LogP contribution in [0.3, 0.4) is 0 Å². The Morgan fingerprint density at radius 3 is 2.70 bits per heavy atom. The van der Waals surface area contributed by atoms with Crippen molar-refractivity contribution in [3.63, 3.8) is 0 Å². The molecule has 0 aliphatic rings. The molecule has 1 nitrogen and oxygen atoms in total. The highest BCUT2D eigenvalue weighted by Gasteiger charge is 2.12. The van der Waals surface area contributed by atoms with Gasteiger partial charge in [-0.1, -0.05) is 40.2 Å². The summed E-state index contributed by atoms with van der Waals surface area (Å²) >= 11 is 5.11. The van der Waals surface area contributed by atoms with Crippen LogP contribution in [0.25, 0.3) is 10.1 Å². The van der Waals surface area contributed by atoms with Crippen molar-refractivity contribution in [2.75, 3.05) is 0 Å². The predicted molar refractivity (Wildman–Crippen MR) is 86.6 cm³/mol. The van der Waals surface area contributed by atoms with Gasteiger partial charge in [0.25, 0.3) is 0 Å². The van der Waals surface area contributed by atoms with Gasteiger partial charge in [0.05, 0.1) is 0 Å². The van der Waals surface area contributed by atoms with Crippen molar-refractivity contribution in [3.8, 4) is 0 Å². The normalized spacial score (nSPS) is 12.8. The second kappa shape index (κ2) is 5.64. The summed E-state index contributed by atoms with van der Waals surface area (Å²) in [4.78, 5) is 1.16. The lowest BCUT2D eigenvalue weighted by atomic mass is 10.0. The van der Waals surface area contributed by atoms with Crippen LogP contribution in [0.15, 0.2) is 53.0 Å². The van der Waals surface area contributed by atoms with E-state index in [2.05, 4.69) is 34.1 Å². The standard InChI is InChI=1S/C16H13BrFNS/c17-13-9-12(18)6-5-10(13)7-14(19)16-8-11-3-1-2-4-15(11)20-16/h1-6,8-9,14H,7,19H2. The molecule has 1 unspecified atom stereocenters. The van der Waals surface area contributed by atoms with E-state index < -0.39 is 0 Å². The molecular weight excluding hydrogens is 337 g/mol. The monoisotopic (exact) mass is 349 g/mol. The molecule has 102 valence electrons. The molecule has 0 amide bonds. The summed E-state index contributed by atoms with van der Waals surface area (Å²) in [5.74, 6) is -0.240. The lowest BCUT2D eigenvalue weighted by molar-refractivity contribution is 0.624. The predicted octanol–water partition coefficient (Wildman–Crippen LogP) is 5.05. The van der Waals surface area contributed by atoms with Crippen LogP contribution in [0.5, 0.6) is 0 Å². The van der Waals surface area contributed by atoms with Gasteiger partial charge >= 0.3 is 0 Å². The molecular formula is C16H13BrFNS. The number of hydrogen-bond acceptors (Lipinski definition) is 2. The van der Waals surface area contributed by atoms with Gasteiger partial charge in [-0.25, -0.2) is 4.39 Å². The lowest BCUT2D eigenvalue weighted by Gasteiger charge is -2.11. The number of nitrogens with two attached hydrogens (primary N) is 1. The van der Waals surface area contributed by atoms with Gasteiger partial charge in [-0.05, 0) is 41.6 Å². The SMILES string of the molecule is NC(Cc1ccc(F)cc1Br)c1cc2ccccc2s1. The van der Waals surface area contributed by atoms with Gasteiger partial charge in [-0.2, -0.15) is 0 Å². The fraction of sp³-hybridized carbons (Fsp3) is 0.125. The average molecular weight is 350 g/mol. The number of hydrogen-bond donors (Lipinski definition) is 1. The van der Waals surface area contributed by atoms with Crippen molar-refractivity contribution in [2.45, 2.75) is 12.5 Å². The third-order valence-electron chi connectivity index (χ3n) is 3.26. The Balaban J connectivity index is 1.86. The molecule has 3 aromatic rings. The molecule has 0 fully saturated rings. The van der Waals surface area contributed by atoms with Crippen LogP contribution >= 0.6 is 27.3 Å². The number of fused-ring (bicyclic) bond motifs is 1. The number of rotatable bonds is 3. The van der Waals surface area contributed by atoms with Crippen LogP contribution in [0.4, 0.5) is 4.39 Å². The highest BCUT2D eigenvalue weighted by Crippen LogP contribution is 2.31. The molecule has 1 aromatic heterocycles. The molecule has 0 radical (unpaired) electrons. The van der Waals surface area contributed by atoms with E-state index in [-0.39, 0.29) is 11.9 Å². The molecule has 0 bridgehead atoms. The Hall–Kier alpha value is -1.23. The topological polar surface area (TPSA) is 26.0 Å². The number of halogens is 2. The van der Waals surface area contributed by atoms with Crippen molar-refractivity contribution in [2.24, 2.45) is 5.73 Å². The zero-order chi connectivity index (χ0) is 14.1. The summed E-state index contributed by atoms with van der Waals surface area (Å²) in [6, 6.07) is 15.1. The molecule has 0 spiro atoms. The first kappa shape index (κ1) is 13.7. The molecule has 2 N–H and O–H groups in total. The maximum absolute atomic E-state index is 13.1. The summed E-state index contributed by atoms with van der Waals surface area (Å²) in [5, 5.41) is 1.22. The van der Waals surface area contributed by atoms with Crippen molar-refractivity contribution in [3.05, 3.63) is 69.3 Å². The Kier molecular flexibility index (Phi) is 3.87. The Morgan fingerprint density at radius 1 is 1.15 bits per heavy atom. The van der Waals surface area contributed by atoms with E-state index >= 15 is 0 Å². The van der Waals surface area contributed by atoms with Crippen molar-refractivity contribution in [1.82, 2.24) is 0 Å². The van der Waals surface area contributed by atoms with Gasteiger partial charge in [0.2, 0.25) is 0 Å². The van der Waals surface area contributed by atoms with Gasteiger partial charge in [-0.3, -0.25) is 0 Å². The van der Waals surface area contributed by atoms with Gasteiger partial charge in [0.15, 0.2) is 0 Å². The molecule has 3 rings (SSSR count). The zero-order valence-corrected chi connectivity index (χ0v) is 13.0. The summed E-state index contributed by atoms with van der Waals surface area (Å²) in [7, 11) is 0. The van der Waals surface area contributed by atoms with Crippen LogP contribution in [-0.2, 0) is 6.42 Å². The third-order valence-corrected chi connectivity index (χ3v) is 5.25. The van der Waals surface area contributed by atoms with Crippen molar-refractivity contribution >= 4 is 37.4 Å². The maximum Gasteiger partial charge on any atom is 0.124 e. The van der Waals surface area contributed by atoms with Gasteiger partial charge < -0.3 is 5.73 Å². The molecule has 1 heterocycles. The van der Waals surface area contributed by atoms with E-state index in [9.17, 15) is 4.39 Å². The Labute approximate surface area is 129 Å². The van der Waals surface area contributed by atoms with Crippen LogP contribution in [-0.4, -0.2) is 0 Å². The van der Waals surface area contributed by atoms with E-state index in [1.807, 2.05) is 12.1 Å². The van der Waals surface area contributed by atoms with E-state index in [1.165, 1.54) is 22.2 Å². The quantitative estimate of drug-likeness (QED) is 0.703. The highest BCUT2D eigenvalue weighted by molar-refractivity contribution is 9.10. The van der Waals surface area contributed by atoms with Crippen molar-refractivity contribution < 1.29 is 4.39 Å². The fourth-order valence-corrected chi connectivity index (χ4v) is 3.79. The second-order valence-electron chi connectivity index (χ2n) is 4.73. The molecule has 20 heavy (non-hydrogen) atoms. The Morgan fingerprint density at radius 2 is 1.95 bits per heavy atom. The van der Waals surface area contributed by atoms with E-state index in [0.717, 1.165) is 14.9 Å². The average Bonchev–Trinajstić information content (AvgIpc) is 2.86. The highest BCUT2D eigenvalue weighted by atomic mass is 79.9. The first-order chi connectivity index (χ1) is 9.63. The molecule has 0 saturated heterocycles. The minimum atomic E-state index is -0.240. The number of benzene rings is 2. The van der Waals surface area contributed by atoms with Crippen LogP contribution in [0, 0.1) is 5.82 Å². The summed E-state index contributed by atoms with van der Waals surface area (Å²) < 4.78 is 15.1. The molecule has 4 heteroatoms. The molecule has 0 saturated carbocycles. The van der Waals surface area contributed by atoms with Crippen LogP contribution in [0.2, 0.25) is 0 Å². The molecule has 0 aliphatic carbocycles. The van der Waals surface area contributed by atoms with Gasteiger partial charge in [-0.15, -0.1) is 11.3 Å². The second-order valence-corrected chi connectivity index (χ2v) is 6.70. The first-order valence-corrected chi connectivity index (χ1v) is 7.92. The first-order valence-electron chi connectivity index (χ1n) is 6.31. The lowest BCUT2D eigenvalue weighted by Crippen LogP contribution is -2.12. The smallest absolute Gasteiger partial charge is 0.124 e. The van der Waals surface area contributed by atoms with E-state index in [0.29, 0.717) is 6.42 Å². The van der Waals surface area contributed by atoms with Crippen LogP contribution < -0.4 is 5.73 Å². The van der Waals surface area contributed by atoms with Crippen molar-refractivity contribution in [1.29, 1.82) is 0 Å². The molecule has 2 aromatic carbocycles. The summed E-state index contributed by atoms with van der Waals surface area (Å²) in [6.07, 6.45) is 0.688. The van der Waals surface area contributed by atoms with Crippen LogP contribution in [0.1, 0.15) is 16.5 Å². The minimum absolute atomic E-state index is 0.0749. The van der Waals surface area contributed by atoms with Gasteiger partial charge in [0, 0.05) is 20.1 Å². The molecule has 0 aliphatic heterocycles. The summed E-state index contributed by atoms with van der Waals surface area (Å²) in [6.45, 7) is 0. The summed E-state index contributed by atoms with van der Waals surface area (Å²) in [5.41, 5.74) is 7.32. The van der Waals surface area contributed by atoms with Gasteiger partial charge in [0.1, 0.15) is 5.82 Å².